The van der Waals surface area contributed by atoms with Gasteiger partial charge in [-0.25, -0.2) is 0 Å². The van der Waals surface area contributed by atoms with Crippen LogP contribution in [-0.2, 0) is 0 Å². The molecule has 1 unspecified atom stereocenters. The number of hydrogen-bond acceptors (Lipinski definition) is 3. The van der Waals surface area contributed by atoms with Crippen LogP contribution in [0.5, 0.6) is 0 Å². The van der Waals surface area contributed by atoms with Crippen molar-refractivity contribution in [1.29, 1.82) is 0 Å². The Balaban J connectivity index is 2.18. The maximum atomic E-state index is 4.18. The third-order valence-electron chi connectivity index (χ3n) is 3.40. The topological polar surface area (TPSA) is 28.2 Å². The van der Waals surface area contributed by atoms with Crippen LogP contribution in [-0.4, -0.2) is 36.1 Å². The van der Waals surface area contributed by atoms with Gasteiger partial charge < -0.3 is 5.32 Å². The zero-order chi connectivity index (χ0) is 11.4. The van der Waals surface area contributed by atoms with Crippen LogP contribution in [0.15, 0.2) is 18.5 Å². The second kappa shape index (κ2) is 5.41. The summed E-state index contributed by atoms with van der Waals surface area (Å²) < 4.78 is 0. The first-order valence-corrected chi connectivity index (χ1v) is 6.18. The Kier molecular flexibility index (Phi) is 3.91. The second-order valence-corrected chi connectivity index (χ2v) is 4.44. The van der Waals surface area contributed by atoms with Gasteiger partial charge in [-0.3, -0.25) is 9.88 Å². The summed E-state index contributed by atoms with van der Waals surface area (Å²) in [5.74, 6) is 0. The molecule has 1 aromatic heterocycles. The van der Waals surface area contributed by atoms with Gasteiger partial charge in [0.2, 0.25) is 0 Å². The van der Waals surface area contributed by atoms with Crippen molar-refractivity contribution in [1.82, 2.24) is 15.2 Å². The summed E-state index contributed by atoms with van der Waals surface area (Å²) >= 11 is 0. The number of nitrogens with one attached hydrogen (secondary N) is 1. The molecule has 1 aliphatic rings. The van der Waals surface area contributed by atoms with E-state index in [0.29, 0.717) is 6.04 Å². The molecule has 1 atom stereocenters. The first-order chi connectivity index (χ1) is 7.83. The van der Waals surface area contributed by atoms with Crippen molar-refractivity contribution >= 4 is 0 Å². The Hall–Kier alpha value is -0.930. The third-order valence-corrected chi connectivity index (χ3v) is 3.40. The highest BCUT2D eigenvalue weighted by Crippen LogP contribution is 2.26. The monoisotopic (exact) mass is 219 g/mol. The summed E-state index contributed by atoms with van der Waals surface area (Å²) in [6.45, 7) is 8.96. The van der Waals surface area contributed by atoms with Crippen LogP contribution in [0.2, 0.25) is 0 Å². The van der Waals surface area contributed by atoms with Gasteiger partial charge in [-0.2, -0.15) is 0 Å². The lowest BCUT2D eigenvalue weighted by molar-refractivity contribution is 0.169. The number of rotatable bonds is 3. The van der Waals surface area contributed by atoms with Crippen LogP contribution in [0.1, 0.15) is 30.5 Å². The first-order valence-electron chi connectivity index (χ1n) is 6.18. The zero-order valence-electron chi connectivity index (χ0n) is 10.2. The average molecular weight is 219 g/mol. The molecule has 0 bridgehead atoms. The molecule has 3 nitrogen and oxygen atoms in total. The summed E-state index contributed by atoms with van der Waals surface area (Å²) in [5.41, 5.74) is 2.76. The van der Waals surface area contributed by atoms with Gasteiger partial charge in [0.25, 0.3) is 0 Å². The molecule has 0 aliphatic carbocycles. The van der Waals surface area contributed by atoms with E-state index in [1.807, 2.05) is 12.4 Å². The predicted octanol–water partition coefficient (Wildman–Crippen LogP) is 1.75. The van der Waals surface area contributed by atoms with Gasteiger partial charge >= 0.3 is 0 Å². The van der Waals surface area contributed by atoms with Gasteiger partial charge in [-0.1, -0.05) is 6.92 Å². The van der Waals surface area contributed by atoms with E-state index in [4.69, 9.17) is 0 Å². The van der Waals surface area contributed by atoms with Crippen molar-refractivity contribution in [2.75, 3.05) is 26.2 Å². The normalized spacial score (nSPS) is 19.6. The number of aryl methyl sites for hydroxylation is 1. The van der Waals surface area contributed by atoms with Crippen molar-refractivity contribution in [2.24, 2.45) is 0 Å². The van der Waals surface area contributed by atoms with Crippen LogP contribution < -0.4 is 5.32 Å². The Morgan fingerprint density at radius 1 is 1.44 bits per heavy atom. The summed E-state index contributed by atoms with van der Waals surface area (Å²) in [6.07, 6.45) is 5.05. The molecule has 0 radical (unpaired) electrons. The predicted molar refractivity (Wildman–Crippen MR) is 66.4 cm³/mol. The van der Waals surface area contributed by atoms with Crippen LogP contribution >= 0.6 is 0 Å². The summed E-state index contributed by atoms with van der Waals surface area (Å²) in [4.78, 5) is 6.76. The third kappa shape index (κ3) is 2.42. The van der Waals surface area contributed by atoms with E-state index < -0.39 is 0 Å². The van der Waals surface area contributed by atoms with E-state index in [1.54, 1.807) is 0 Å². The highest BCUT2D eigenvalue weighted by atomic mass is 15.2. The molecule has 1 saturated heterocycles. The van der Waals surface area contributed by atoms with Crippen molar-refractivity contribution in [2.45, 2.75) is 26.3 Å². The molecule has 88 valence electrons. The molecule has 2 heterocycles. The molecule has 0 aromatic carbocycles. The van der Waals surface area contributed by atoms with Crippen molar-refractivity contribution in [3.8, 4) is 0 Å². The quantitative estimate of drug-likeness (QED) is 0.839. The van der Waals surface area contributed by atoms with Crippen LogP contribution in [0.3, 0.4) is 0 Å². The molecule has 2 rings (SSSR count). The van der Waals surface area contributed by atoms with E-state index in [-0.39, 0.29) is 0 Å². The first kappa shape index (κ1) is 11.6. The lowest BCUT2D eigenvalue weighted by Crippen LogP contribution is -2.45. The highest BCUT2D eigenvalue weighted by Gasteiger charge is 2.21. The lowest BCUT2D eigenvalue weighted by atomic mass is 9.99. The maximum Gasteiger partial charge on any atom is 0.0350 e. The van der Waals surface area contributed by atoms with E-state index in [2.05, 4.69) is 35.1 Å². The van der Waals surface area contributed by atoms with E-state index >= 15 is 0 Å². The fourth-order valence-electron chi connectivity index (χ4n) is 2.53. The van der Waals surface area contributed by atoms with Gasteiger partial charge in [0.15, 0.2) is 0 Å². The fourth-order valence-corrected chi connectivity index (χ4v) is 2.53. The molecule has 1 N–H and O–H groups in total. The van der Waals surface area contributed by atoms with Crippen molar-refractivity contribution < 1.29 is 0 Å². The molecule has 1 aliphatic heterocycles. The van der Waals surface area contributed by atoms with Gasteiger partial charge in [0.05, 0.1) is 0 Å². The molecule has 16 heavy (non-hydrogen) atoms. The largest absolute Gasteiger partial charge is 0.314 e. The van der Waals surface area contributed by atoms with E-state index in [1.165, 1.54) is 17.5 Å². The molecule has 0 spiro atoms. The molecular weight excluding hydrogens is 198 g/mol. The molecule has 1 aromatic rings. The molecule has 3 heteroatoms. The summed E-state index contributed by atoms with van der Waals surface area (Å²) in [6, 6.07) is 2.73. The van der Waals surface area contributed by atoms with Crippen LogP contribution in [0.25, 0.3) is 0 Å². The zero-order valence-corrected chi connectivity index (χ0v) is 10.2. The molecule has 1 fully saturated rings. The number of pyridine rings is 1. The maximum absolute atomic E-state index is 4.18. The standard InChI is InChI=1S/C13H21N3/c1-3-13(16-8-6-14-7-9-16)12-4-5-15-10-11(12)2/h4-5,10,13-14H,3,6-9H2,1-2H3. The Labute approximate surface area is 97.9 Å². The smallest absolute Gasteiger partial charge is 0.0350 e. The van der Waals surface area contributed by atoms with E-state index in [0.717, 1.165) is 26.2 Å². The van der Waals surface area contributed by atoms with Crippen LogP contribution in [0, 0.1) is 6.92 Å². The van der Waals surface area contributed by atoms with Crippen LogP contribution in [0.4, 0.5) is 0 Å². The van der Waals surface area contributed by atoms with Gasteiger partial charge in [0, 0.05) is 44.6 Å². The minimum Gasteiger partial charge on any atom is -0.314 e. The second-order valence-electron chi connectivity index (χ2n) is 4.44. The minimum atomic E-state index is 0.560. The van der Waals surface area contributed by atoms with Crippen molar-refractivity contribution in [3.05, 3.63) is 29.6 Å². The Morgan fingerprint density at radius 3 is 2.81 bits per heavy atom. The molecule has 0 amide bonds. The Morgan fingerprint density at radius 2 is 2.19 bits per heavy atom. The van der Waals surface area contributed by atoms with Gasteiger partial charge in [-0.15, -0.1) is 0 Å². The highest BCUT2D eigenvalue weighted by molar-refractivity contribution is 5.25. The van der Waals surface area contributed by atoms with Crippen molar-refractivity contribution in [3.63, 3.8) is 0 Å². The molecule has 0 saturated carbocycles. The minimum absolute atomic E-state index is 0.560. The van der Waals surface area contributed by atoms with Gasteiger partial charge in [0.1, 0.15) is 0 Å². The Bertz CT molecular complexity index is 332. The van der Waals surface area contributed by atoms with Gasteiger partial charge in [-0.05, 0) is 30.5 Å². The number of aromatic nitrogens is 1. The SMILES string of the molecule is CCC(c1ccncc1C)N1CCNCC1. The lowest BCUT2D eigenvalue weighted by Gasteiger charge is -2.35. The average Bonchev–Trinajstić information content (AvgIpc) is 2.34. The molecular formula is C13H21N3. The fraction of sp³-hybridized carbons (Fsp3) is 0.615. The number of nitrogens with zero attached hydrogens (tertiary/aromatic N) is 2. The number of hydrogen-bond donors (Lipinski definition) is 1. The van der Waals surface area contributed by atoms with E-state index in [9.17, 15) is 0 Å². The summed E-state index contributed by atoms with van der Waals surface area (Å²) in [7, 11) is 0. The number of piperazine rings is 1. The summed E-state index contributed by atoms with van der Waals surface area (Å²) in [5, 5.41) is 3.41.